The fraction of sp³-hybridized carbons (Fsp3) is 0.522. The van der Waals surface area contributed by atoms with Crippen LogP contribution in [0.3, 0.4) is 0 Å². The number of nitrogens with zero attached hydrogens (tertiary/aromatic N) is 3. The first-order valence-corrected chi connectivity index (χ1v) is 11.0. The molecule has 3 rings (SSSR count). The molecule has 2 aromatic rings. The number of rotatable bonds is 11. The summed E-state index contributed by atoms with van der Waals surface area (Å²) < 4.78 is 0. The lowest BCUT2D eigenvalue weighted by Gasteiger charge is -2.16. The number of aromatic nitrogens is 2. The highest BCUT2D eigenvalue weighted by Crippen LogP contribution is 2.15. The molecule has 1 amide bonds. The van der Waals surface area contributed by atoms with Gasteiger partial charge in [-0.05, 0) is 50.4 Å². The highest BCUT2D eigenvalue weighted by atomic mass is 16.1. The second kappa shape index (κ2) is 11.5. The molecule has 7 heteroatoms. The number of nitrogens with one attached hydrogen (secondary N) is 3. The zero-order valence-electron chi connectivity index (χ0n) is 18.2. The molecule has 0 atom stereocenters. The van der Waals surface area contributed by atoms with E-state index in [9.17, 15) is 4.79 Å². The molecule has 1 aliphatic rings. The van der Waals surface area contributed by atoms with E-state index in [0.717, 1.165) is 31.6 Å². The van der Waals surface area contributed by atoms with E-state index in [1.165, 1.54) is 25.9 Å². The normalized spacial score (nSPS) is 14.1. The summed E-state index contributed by atoms with van der Waals surface area (Å²) >= 11 is 0. The van der Waals surface area contributed by atoms with Gasteiger partial charge in [0.1, 0.15) is 11.4 Å². The van der Waals surface area contributed by atoms with E-state index >= 15 is 0 Å². The number of amides is 1. The van der Waals surface area contributed by atoms with Crippen molar-refractivity contribution in [3.8, 4) is 0 Å². The largest absolute Gasteiger partial charge is 0.369 e. The lowest BCUT2D eigenvalue weighted by molar-refractivity contribution is 0.0951. The predicted octanol–water partition coefficient (Wildman–Crippen LogP) is 3.37. The third-order valence-electron chi connectivity index (χ3n) is 5.14. The molecule has 2 heterocycles. The molecule has 1 fully saturated rings. The maximum absolute atomic E-state index is 12.7. The molecule has 0 bridgehead atoms. The first kappa shape index (κ1) is 22.0. The van der Waals surface area contributed by atoms with E-state index < -0.39 is 0 Å². The van der Waals surface area contributed by atoms with Gasteiger partial charge in [-0.2, -0.15) is 4.98 Å². The van der Waals surface area contributed by atoms with E-state index in [0.29, 0.717) is 29.8 Å². The van der Waals surface area contributed by atoms with E-state index in [1.807, 2.05) is 30.3 Å². The molecule has 7 nitrogen and oxygen atoms in total. The van der Waals surface area contributed by atoms with Gasteiger partial charge in [0.2, 0.25) is 5.95 Å². The third-order valence-corrected chi connectivity index (χ3v) is 5.14. The minimum absolute atomic E-state index is 0.175. The summed E-state index contributed by atoms with van der Waals surface area (Å²) in [4.78, 5) is 24.2. The van der Waals surface area contributed by atoms with Gasteiger partial charge in [0.05, 0.1) is 0 Å². The van der Waals surface area contributed by atoms with Crippen LogP contribution >= 0.6 is 0 Å². The van der Waals surface area contributed by atoms with Gasteiger partial charge in [0, 0.05) is 25.8 Å². The molecular weight excluding hydrogens is 376 g/mol. The van der Waals surface area contributed by atoms with E-state index in [1.54, 1.807) is 6.20 Å². The molecule has 0 aliphatic carbocycles. The van der Waals surface area contributed by atoms with Crippen molar-refractivity contribution >= 4 is 17.7 Å². The quantitative estimate of drug-likeness (QED) is 0.493. The van der Waals surface area contributed by atoms with Gasteiger partial charge >= 0.3 is 0 Å². The summed E-state index contributed by atoms with van der Waals surface area (Å²) in [6.45, 7) is 9.82. The number of carbonyl (C=O) groups excluding carboxylic acids is 1. The van der Waals surface area contributed by atoms with E-state index in [4.69, 9.17) is 0 Å². The smallest absolute Gasteiger partial charge is 0.256 e. The summed E-state index contributed by atoms with van der Waals surface area (Å²) in [5.74, 6) is 1.40. The Kier molecular flexibility index (Phi) is 8.44. The van der Waals surface area contributed by atoms with E-state index in [-0.39, 0.29) is 5.91 Å². The molecule has 1 aromatic heterocycles. The Morgan fingerprint density at radius 3 is 2.63 bits per heavy atom. The Morgan fingerprint density at radius 2 is 1.90 bits per heavy atom. The second-order valence-corrected chi connectivity index (χ2v) is 8.23. The Balaban J connectivity index is 1.58. The molecule has 0 unspecified atom stereocenters. The number of hydrogen-bond donors (Lipinski definition) is 3. The monoisotopic (exact) mass is 410 g/mol. The van der Waals surface area contributed by atoms with Gasteiger partial charge < -0.3 is 20.9 Å². The van der Waals surface area contributed by atoms with Crippen molar-refractivity contribution in [2.45, 2.75) is 39.7 Å². The summed E-state index contributed by atoms with van der Waals surface area (Å²) in [5, 5.41) is 9.57. The number of carbonyl (C=O) groups is 1. The predicted molar refractivity (Wildman–Crippen MR) is 122 cm³/mol. The number of likely N-dealkylation sites (tertiary alicyclic amines) is 1. The van der Waals surface area contributed by atoms with Gasteiger partial charge in [-0.3, -0.25) is 4.79 Å². The third kappa shape index (κ3) is 6.99. The van der Waals surface area contributed by atoms with Crippen LogP contribution in [0.15, 0.2) is 36.5 Å². The topological polar surface area (TPSA) is 82.2 Å². The lowest BCUT2D eigenvalue weighted by Crippen LogP contribution is -2.26. The minimum atomic E-state index is -0.175. The molecule has 1 aromatic carbocycles. The maximum atomic E-state index is 12.7. The van der Waals surface area contributed by atoms with Gasteiger partial charge in [-0.1, -0.05) is 44.2 Å². The maximum Gasteiger partial charge on any atom is 0.256 e. The highest BCUT2D eigenvalue weighted by molar-refractivity contribution is 5.98. The van der Waals surface area contributed by atoms with Crippen LogP contribution in [0.2, 0.25) is 0 Å². The van der Waals surface area contributed by atoms with Crippen LogP contribution in [0.5, 0.6) is 0 Å². The van der Waals surface area contributed by atoms with Gasteiger partial charge in [-0.15, -0.1) is 0 Å². The highest BCUT2D eigenvalue weighted by Gasteiger charge is 2.15. The summed E-state index contributed by atoms with van der Waals surface area (Å²) in [6, 6.07) is 9.87. The number of anilines is 2. The Bertz CT molecular complexity index is 790. The van der Waals surface area contributed by atoms with Gasteiger partial charge in [0.15, 0.2) is 0 Å². The molecule has 0 spiro atoms. The fourth-order valence-corrected chi connectivity index (χ4v) is 3.45. The first-order chi connectivity index (χ1) is 14.6. The van der Waals surface area contributed by atoms with Crippen molar-refractivity contribution in [2.24, 2.45) is 5.92 Å². The fourth-order valence-electron chi connectivity index (χ4n) is 3.45. The summed E-state index contributed by atoms with van der Waals surface area (Å²) in [7, 11) is 0. The average Bonchev–Trinajstić information content (AvgIpc) is 3.28. The van der Waals surface area contributed by atoms with Crippen LogP contribution in [0, 0.1) is 5.92 Å². The minimum Gasteiger partial charge on any atom is -0.369 e. The molecule has 1 aliphatic heterocycles. The average molecular weight is 411 g/mol. The molecular formula is C23H34N6O. The van der Waals surface area contributed by atoms with Crippen molar-refractivity contribution < 1.29 is 4.79 Å². The van der Waals surface area contributed by atoms with Crippen LogP contribution in [0.4, 0.5) is 11.8 Å². The van der Waals surface area contributed by atoms with Crippen LogP contribution < -0.4 is 16.0 Å². The van der Waals surface area contributed by atoms with Crippen molar-refractivity contribution in [1.82, 2.24) is 20.2 Å². The molecule has 162 valence electrons. The lowest BCUT2D eigenvalue weighted by atomic mass is 10.2. The van der Waals surface area contributed by atoms with Crippen LogP contribution in [0.1, 0.15) is 49.0 Å². The molecule has 1 saturated heterocycles. The Labute approximate surface area is 179 Å². The molecule has 3 N–H and O–H groups in total. The van der Waals surface area contributed by atoms with Gasteiger partial charge in [0.25, 0.3) is 5.91 Å². The summed E-state index contributed by atoms with van der Waals surface area (Å²) in [6.07, 6.45) is 5.29. The number of benzene rings is 1. The van der Waals surface area contributed by atoms with Crippen LogP contribution in [-0.4, -0.2) is 53.5 Å². The zero-order valence-corrected chi connectivity index (χ0v) is 18.2. The molecule has 0 radical (unpaired) electrons. The zero-order chi connectivity index (χ0) is 21.2. The van der Waals surface area contributed by atoms with Crippen molar-refractivity contribution in [3.63, 3.8) is 0 Å². The standard InChI is InChI=1S/C23H34N6O/c1-18(2)15-25-21-20(22(30)26-16-19-9-4-3-5-10-19)17-27-23(28-21)24-11-8-14-29-12-6-7-13-29/h3-5,9-10,17-18H,6-8,11-16H2,1-2H3,(H,26,30)(H2,24,25,27,28). The first-order valence-electron chi connectivity index (χ1n) is 11.0. The van der Waals surface area contributed by atoms with Crippen molar-refractivity contribution in [3.05, 3.63) is 47.7 Å². The SMILES string of the molecule is CC(C)CNc1nc(NCCCN2CCCC2)ncc1C(=O)NCc1ccccc1. The molecule has 30 heavy (non-hydrogen) atoms. The van der Waals surface area contributed by atoms with Crippen molar-refractivity contribution in [2.75, 3.05) is 43.4 Å². The Hall–Kier alpha value is -2.67. The van der Waals surface area contributed by atoms with E-state index in [2.05, 4.69) is 44.7 Å². The van der Waals surface area contributed by atoms with Gasteiger partial charge in [-0.25, -0.2) is 4.98 Å². The Morgan fingerprint density at radius 1 is 1.13 bits per heavy atom. The number of hydrogen-bond acceptors (Lipinski definition) is 6. The van der Waals surface area contributed by atoms with Crippen LogP contribution in [-0.2, 0) is 6.54 Å². The molecule has 0 saturated carbocycles. The summed E-state index contributed by atoms with van der Waals surface area (Å²) in [5.41, 5.74) is 1.52. The second-order valence-electron chi connectivity index (χ2n) is 8.23. The van der Waals surface area contributed by atoms with Crippen molar-refractivity contribution in [1.29, 1.82) is 0 Å². The van der Waals surface area contributed by atoms with Crippen LogP contribution in [0.25, 0.3) is 0 Å².